The molecule has 0 radical (unpaired) electrons. The zero-order valence-corrected chi connectivity index (χ0v) is 12.0. The number of benzene rings is 1. The van der Waals surface area contributed by atoms with E-state index in [9.17, 15) is 4.79 Å². The number of nitrogens with one attached hydrogen (secondary N) is 1. The van der Waals surface area contributed by atoms with Gasteiger partial charge in [-0.25, -0.2) is 4.98 Å². The van der Waals surface area contributed by atoms with Crippen LogP contribution in [0.2, 0.25) is 0 Å². The molecule has 0 amide bonds. The first kappa shape index (κ1) is 12.8. The van der Waals surface area contributed by atoms with Gasteiger partial charge >= 0.3 is 0 Å². The summed E-state index contributed by atoms with van der Waals surface area (Å²) in [5.74, 6) is 0.984. The Morgan fingerprint density at radius 1 is 1.28 bits per heavy atom. The van der Waals surface area contributed by atoms with Gasteiger partial charge in [0.05, 0.1) is 6.33 Å². The summed E-state index contributed by atoms with van der Waals surface area (Å²) in [7, 11) is 0. The van der Waals surface area contributed by atoms with Crippen LogP contribution in [-0.4, -0.2) is 9.97 Å². The number of hydrogen-bond donors (Lipinski definition) is 1. The fourth-order valence-electron chi connectivity index (χ4n) is 1.65. The van der Waals surface area contributed by atoms with Crippen LogP contribution in [0.5, 0.6) is 11.6 Å². The summed E-state index contributed by atoms with van der Waals surface area (Å²) in [6, 6.07) is 4.01. The predicted molar refractivity (Wildman–Crippen MR) is 73.3 cm³/mol. The minimum Gasteiger partial charge on any atom is -0.437 e. The van der Waals surface area contributed by atoms with Crippen molar-refractivity contribution in [1.29, 1.82) is 0 Å². The van der Waals surface area contributed by atoms with Gasteiger partial charge in [-0.15, -0.1) is 0 Å². The van der Waals surface area contributed by atoms with Crippen molar-refractivity contribution < 1.29 is 4.74 Å². The van der Waals surface area contributed by atoms with Crippen LogP contribution in [0, 0.1) is 20.8 Å². The molecule has 1 heterocycles. The summed E-state index contributed by atoms with van der Waals surface area (Å²) in [5.41, 5.74) is 3.02. The second kappa shape index (κ2) is 4.94. The van der Waals surface area contributed by atoms with Gasteiger partial charge in [-0.3, -0.25) is 4.79 Å². The van der Waals surface area contributed by atoms with Crippen LogP contribution in [0.4, 0.5) is 0 Å². The minimum atomic E-state index is -0.262. The van der Waals surface area contributed by atoms with Crippen molar-refractivity contribution in [3.63, 3.8) is 0 Å². The van der Waals surface area contributed by atoms with Crippen LogP contribution in [0.15, 0.2) is 27.7 Å². The SMILES string of the molecule is Cc1cc(C)c(C)c(Oc2nc[nH]c(=O)c2Br)c1. The smallest absolute Gasteiger partial charge is 0.268 e. The summed E-state index contributed by atoms with van der Waals surface area (Å²) >= 11 is 3.17. The maximum absolute atomic E-state index is 11.4. The highest BCUT2D eigenvalue weighted by Crippen LogP contribution is 2.29. The summed E-state index contributed by atoms with van der Waals surface area (Å²) < 4.78 is 6.00. The Labute approximate surface area is 113 Å². The number of rotatable bonds is 2. The molecule has 4 nitrogen and oxygen atoms in total. The van der Waals surface area contributed by atoms with Crippen LogP contribution >= 0.6 is 15.9 Å². The summed E-state index contributed by atoms with van der Waals surface area (Å²) in [6.07, 6.45) is 1.32. The van der Waals surface area contributed by atoms with Crippen LogP contribution < -0.4 is 10.3 Å². The van der Waals surface area contributed by atoms with E-state index in [4.69, 9.17) is 4.74 Å². The van der Waals surface area contributed by atoms with E-state index in [0.717, 1.165) is 16.7 Å². The number of nitrogens with zero attached hydrogens (tertiary/aromatic N) is 1. The molecule has 94 valence electrons. The molecular formula is C13H13BrN2O2. The normalized spacial score (nSPS) is 10.4. The van der Waals surface area contributed by atoms with E-state index in [-0.39, 0.29) is 11.4 Å². The second-order valence-electron chi connectivity index (χ2n) is 4.16. The van der Waals surface area contributed by atoms with Gasteiger partial charge in [0.15, 0.2) is 0 Å². The molecule has 1 aromatic carbocycles. The van der Waals surface area contributed by atoms with E-state index < -0.39 is 0 Å². The average molecular weight is 309 g/mol. The molecule has 0 aliphatic rings. The van der Waals surface area contributed by atoms with E-state index in [1.165, 1.54) is 6.33 Å². The first-order chi connectivity index (χ1) is 8.49. The Bertz CT molecular complexity index is 650. The van der Waals surface area contributed by atoms with E-state index in [2.05, 4.69) is 32.0 Å². The van der Waals surface area contributed by atoms with Gasteiger partial charge in [-0.1, -0.05) is 6.07 Å². The van der Waals surface area contributed by atoms with Gasteiger partial charge < -0.3 is 9.72 Å². The lowest BCUT2D eigenvalue weighted by Gasteiger charge is -2.11. The highest BCUT2D eigenvalue weighted by molar-refractivity contribution is 9.10. The topological polar surface area (TPSA) is 55.0 Å². The lowest BCUT2D eigenvalue weighted by Crippen LogP contribution is -2.08. The molecule has 0 aliphatic carbocycles. The molecule has 0 spiro atoms. The van der Waals surface area contributed by atoms with Crippen LogP contribution in [0.1, 0.15) is 16.7 Å². The first-order valence-corrected chi connectivity index (χ1v) is 6.27. The van der Waals surface area contributed by atoms with Gasteiger partial charge in [0, 0.05) is 0 Å². The molecule has 0 saturated carbocycles. The maximum atomic E-state index is 11.4. The number of aromatic nitrogens is 2. The summed E-state index contributed by atoms with van der Waals surface area (Å²) in [4.78, 5) is 17.9. The van der Waals surface area contributed by atoms with Crippen LogP contribution in [0.25, 0.3) is 0 Å². The van der Waals surface area contributed by atoms with Crippen molar-refractivity contribution in [2.24, 2.45) is 0 Å². The number of hydrogen-bond acceptors (Lipinski definition) is 3. The first-order valence-electron chi connectivity index (χ1n) is 5.48. The summed E-state index contributed by atoms with van der Waals surface area (Å²) in [5, 5.41) is 0. The third kappa shape index (κ3) is 2.46. The molecule has 0 atom stereocenters. The number of halogens is 1. The number of aryl methyl sites for hydroxylation is 2. The van der Waals surface area contributed by atoms with E-state index in [0.29, 0.717) is 10.2 Å². The standard InChI is InChI=1S/C13H13BrN2O2/c1-7-4-8(2)9(3)10(5-7)18-13-11(14)12(17)15-6-16-13/h4-6H,1-3H3,(H,15,16,17). The maximum Gasteiger partial charge on any atom is 0.268 e. The number of aromatic amines is 1. The van der Waals surface area contributed by atoms with Crippen molar-refractivity contribution in [2.45, 2.75) is 20.8 Å². The Balaban J connectivity index is 2.46. The molecule has 0 bridgehead atoms. The third-order valence-electron chi connectivity index (χ3n) is 2.74. The van der Waals surface area contributed by atoms with Gasteiger partial charge in [-0.05, 0) is 59.5 Å². The van der Waals surface area contributed by atoms with Gasteiger partial charge in [-0.2, -0.15) is 0 Å². The molecule has 1 aromatic heterocycles. The number of H-pyrrole nitrogens is 1. The molecular weight excluding hydrogens is 296 g/mol. The van der Waals surface area contributed by atoms with Crippen molar-refractivity contribution in [1.82, 2.24) is 9.97 Å². The van der Waals surface area contributed by atoms with Crippen molar-refractivity contribution in [3.8, 4) is 11.6 Å². The van der Waals surface area contributed by atoms with E-state index >= 15 is 0 Å². The van der Waals surface area contributed by atoms with Gasteiger partial charge in [0.25, 0.3) is 5.56 Å². The third-order valence-corrected chi connectivity index (χ3v) is 3.43. The Morgan fingerprint density at radius 2 is 2.00 bits per heavy atom. The average Bonchev–Trinajstić information content (AvgIpc) is 2.31. The fraction of sp³-hybridized carbons (Fsp3) is 0.231. The molecule has 0 unspecified atom stereocenters. The quantitative estimate of drug-likeness (QED) is 0.926. The molecule has 0 saturated heterocycles. The van der Waals surface area contributed by atoms with Crippen molar-refractivity contribution in [2.75, 3.05) is 0 Å². The fourth-order valence-corrected chi connectivity index (χ4v) is 1.95. The molecule has 1 N–H and O–H groups in total. The van der Waals surface area contributed by atoms with Crippen LogP contribution in [-0.2, 0) is 0 Å². The monoisotopic (exact) mass is 308 g/mol. The summed E-state index contributed by atoms with van der Waals surface area (Å²) in [6.45, 7) is 6.00. The lowest BCUT2D eigenvalue weighted by atomic mass is 10.1. The molecule has 18 heavy (non-hydrogen) atoms. The second-order valence-corrected chi connectivity index (χ2v) is 4.95. The van der Waals surface area contributed by atoms with Gasteiger partial charge in [0.1, 0.15) is 10.2 Å². The molecule has 2 aromatic rings. The van der Waals surface area contributed by atoms with E-state index in [1.54, 1.807) is 0 Å². The lowest BCUT2D eigenvalue weighted by molar-refractivity contribution is 0.452. The van der Waals surface area contributed by atoms with Gasteiger partial charge in [0.2, 0.25) is 5.88 Å². The Hall–Kier alpha value is -1.62. The highest BCUT2D eigenvalue weighted by atomic mass is 79.9. The van der Waals surface area contributed by atoms with Crippen molar-refractivity contribution >= 4 is 15.9 Å². The van der Waals surface area contributed by atoms with Crippen molar-refractivity contribution in [3.05, 3.63) is 50.0 Å². The Kier molecular flexibility index (Phi) is 3.52. The zero-order chi connectivity index (χ0) is 13.3. The molecule has 0 fully saturated rings. The Morgan fingerprint density at radius 3 is 2.72 bits per heavy atom. The molecule has 0 aliphatic heterocycles. The van der Waals surface area contributed by atoms with E-state index in [1.807, 2.05) is 26.8 Å². The molecule has 5 heteroatoms. The number of ether oxygens (including phenoxy) is 1. The highest BCUT2D eigenvalue weighted by Gasteiger charge is 2.10. The van der Waals surface area contributed by atoms with Crippen LogP contribution in [0.3, 0.4) is 0 Å². The molecule has 2 rings (SSSR count). The largest absolute Gasteiger partial charge is 0.437 e. The zero-order valence-electron chi connectivity index (χ0n) is 10.4. The minimum absolute atomic E-state index is 0.262. The predicted octanol–water partition coefficient (Wildman–Crippen LogP) is 3.25.